The van der Waals surface area contributed by atoms with Gasteiger partial charge in [-0.25, -0.2) is 4.79 Å². The summed E-state index contributed by atoms with van der Waals surface area (Å²) in [6.07, 6.45) is 1.26. The second-order valence-corrected chi connectivity index (χ2v) is 8.81. The van der Waals surface area contributed by atoms with Crippen LogP contribution in [0.5, 0.6) is 5.75 Å². The molecule has 5 heteroatoms. The van der Waals surface area contributed by atoms with E-state index in [2.05, 4.69) is 38.2 Å². The van der Waals surface area contributed by atoms with E-state index in [1.807, 2.05) is 24.3 Å². The van der Waals surface area contributed by atoms with Gasteiger partial charge in [0.2, 0.25) is 0 Å². The molecule has 0 aromatic heterocycles. The fourth-order valence-corrected chi connectivity index (χ4v) is 3.35. The fourth-order valence-electron chi connectivity index (χ4n) is 3.35. The highest BCUT2D eigenvalue weighted by atomic mass is 16.5. The van der Waals surface area contributed by atoms with Crippen LogP contribution in [0.1, 0.15) is 45.7 Å². The van der Waals surface area contributed by atoms with Gasteiger partial charge in [0.15, 0.2) is 0 Å². The lowest BCUT2D eigenvalue weighted by Gasteiger charge is -2.33. The van der Waals surface area contributed by atoms with Crippen molar-refractivity contribution >= 4 is 17.9 Å². The molecule has 2 aromatic carbocycles. The van der Waals surface area contributed by atoms with E-state index in [4.69, 9.17) is 9.47 Å². The Morgan fingerprint density at radius 3 is 2.10 bits per heavy atom. The number of benzene rings is 2. The van der Waals surface area contributed by atoms with Crippen molar-refractivity contribution in [2.45, 2.75) is 52.5 Å². The molecular formula is C25H33NO4. The van der Waals surface area contributed by atoms with Crippen LogP contribution >= 0.6 is 0 Å². The Balaban J connectivity index is 2.31. The molecule has 0 amide bonds. The zero-order chi connectivity index (χ0) is 22.4. The Hall–Kier alpha value is -2.82. The van der Waals surface area contributed by atoms with Crippen LogP contribution < -0.4 is 10.1 Å². The minimum atomic E-state index is -0.991. The normalized spacial score (nSPS) is 14.3. The summed E-state index contributed by atoms with van der Waals surface area (Å²) in [6.45, 7) is 10.3. The van der Waals surface area contributed by atoms with E-state index >= 15 is 0 Å². The molecule has 0 aliphatic rings. The molecule has 0 radical (unpaired) electrons. The third kappa shape index (κ3) is 5.85. The van der Waals surface area contributed by atoms with Crippen LogP contribution in [0.2, 0.25) is 0 Å². The molecule has 2 rings (SSSR count). The summed E-state index contributed by atoms with van der Waals surface area (Å²) in [5, 5.41) is 3.20. The third-order valence-corrected chi connectivity index (χ3v) is 5.26. The number of carbonyl (C=O) groups excluding carboxylic acids is 2. The van der Waals surface area contributed by atoms with Crippen LogP contribution in [0, 0.1) is 5.41 Å². The largest absolute Gasteiger partial charge is 0.497 e. The number of nitrogens with one attached hydrogen (secondary N) is 1. The molecule has 0 aliphatic heterocycles. The van der Waals surface area contributed by atoms with Crippen LogP contribution in [0.3, 0.4) is 0 Å². The molecule has 2 aromatic rings. The Kier molecular flexibility index (Phi) is 7.65. The zero-order valence-corrected chi connectivity index (χ0v) is 18.8. The Labute approximate surface area is 179 Å². The van der Waals surface area contributed by atoms with Crippen LogP contribution in [0.15, 0.2) is 48.5 Å². The molecule has 5 nitrogen and oxygen atoms in total. The van der Waals surface area contributed by atoms with Gasteiger partial charge in [0.05, 0.1) is 19.1 Å². The maximum atomic E-state index is 12.8. The first-order valence-electron chi connectivity index (χ1n) is 10.3. The van der Waals surface area contributed by atoms with Gasteiger partial charge in [0.25, 0.3) is 0 Å². The molecule has 0 saturated heterocycles. The lowest BCUT2D eigenvalue weighted by atomic mass is 9.77. The van der Waals surface area contributed by atoms with Gasteiger partial charge < -0.3 is 19.6 Å². The van der Waals surface area contributed by atoms with Crippen molar-refractivity contribution in [3.63, 3.8) is 0 Å². The molecule has 0 saturated carbocycles. The number of anilines is 1. The second kappa shape index (κ2) is 9.79. The number of hydrogen-bond acceptors (Lipinski definition) is 5. The lowest BCUT2D eigenvalue weighted by Crippen LogP contribution is -2.48. The van der Waals surface area contributed by atoms with E-state index in [-0.39, 0.29) is 12.0 Å². The monoisotopic (exact) mass is 411 g/mol. The van der Waals surface area contributed by atoms with E-state index in [9.17, 15) is 9.59 Å². The number of esters is 1. The standard InChI is InChI=1S/C25H33NO4/c1-7-30-23(28)22(26-20-12-14-21(29-6)15-13-20)25(5,17-27)16-18-8-10-19(11-9-18)24(2,3)4/h8-15,17,22,26H,7,16H2,1-6H3/t22-,25-/m1/s1. The van der Waals surface area contributed by atoms with Crippen molar-refractivity contribution in [1.82, 2.24) is 0 Å². The van der Waals surface area contributed by atoms with Crippen LogP contribution in [-0.2, 0) is 26.2 Å². The van der Waals surface area contributed by atoms with E-state index in [1.54, 1.807) is 33.1 Å². The number of carbonyl (C=O) groups is 2. The van der Waals surface area contributed by atoms with Crippen LogP contribution in [0.4, 0.5) is 5.69 Å². The van der Waals surface area contributed by atoms with Crippen LogP contribution in [0.25, 0.3) is 0 Å². The lowest BCUT2D eigenvalue weighted by molar-refractivity contribution is -0.148. The first-order valence-corrected chi connectivity index (χ1v) is 10.3. The SMILES string of the molecule is CCOC(=O)[C@@H](Nc1ccc(OC)cc1)[C@@](C)(C=O)Cc1ccc(C(C)(C)C)cc1. The number of aldehydes is 1. The Morgan fingerprint density at radius 2 is 1.63 bits per heavy atom. The smallest absolute Gasteiger partial charge is 0.329 e. The fraction of sp³-hybridized carbons (Fsp3) is 0.440. The van der Waals surface area contributed by atoms with Gasteiger partial charge in [0, 0.05) is 5.69 Å². The number of hydrogen-bond donors (Lipinski definition) is 1. The first kappa shape index (κ1) is 23.5. The van der Waals surface area contributed by atoms with E-state index in [0.717, 1.165) is 11.8 Å². The average molecular weight is 412 g/mol. The predicted octanol–water partition coefficient (Wildman–Crippen LogP) is 4.78. The molecule has 0 heterocycles. The quantitative estimate of drug-likeness (QED) is 0.475. The minimum absolute atomic E-state index is 0.0515. The summed E-state index contributed by atoms with van der Waals surface area (Å²) >= 11 is 0. The molecule has 30 heavy (non-hydrogen) atoms. The Morgan fingerprint density at radius 1 is 1.03 bits per heavy atom. The maximum Gasteiger partial charge on any atom is 0.329 e. The summed E-state index contributed by atoms with van der Waals surface area (Å²) in [7, 11) is 1.60. The Bertz CT molecular complexity index is 837. The minimum Gasteiger partial charge on any atom is -0.497 e. The van der Waals surface area contributed by atoms with E-state index in [1.165, 1.54) is 5.56 Å². The molecular weight excluding hydrogens is 378 g/mol. The summed E-state index contributed by atoms with van der Waals surface area (Å²) in [5.41, 5.74) is 1.98. The predicted molar refractivity (Wildman–Crippen MR) is 120 cm³/mol. The summed E-state index contributed by atoms with van der Waals surface area (Å²) in [5.74, 6) is 0.263. The van der Waals surface area contributed by atoms with E-state index < -0.39 is 17.4 Å². The molecule has 0 spiro atoms. The molecule has 0 bridgehead atoms. The third-order valence-electron chi connectivity index (χ3n) is 5.26. The highest BCUT2D eigenvalue weighted by molar-refractivity contribution is 5.85. The summed E-state index contributed by atoms with van der Waals surface area (Å²) < 4.78 is 10.5. The highest BCUT2D eigenvalue weighted by Crippen LogP contribution is 2.30. The number of methoxy groups -OCH3 is 1. The molecule has 162 valence electrons. The van der Waals surface area contributed by atoms with Gasteiger partial charge in [-0.15, -0.1) is 0 Å². The second-order valence-electron chi connectivity index (χ2n) is 8.81. The number of ether oxygens (including phenoxy) is 2. The van der Waals surface area contributed by atoms with Gasteiger partial charge in [-0.05, 0) is 54.2 Å². The van der Waals surface area contributed by atoms with Crippen molar-refractivity contribution in [3.8, 4) is 5.75 Å². The number of rotatable bonds is 9. The first-order chi connectivity index (χ1) is 14.1. The molecule has 0 aliphatic carbocycles. The van der Waals surface area contributed by atoms with Gasteiger partial charge in [-0.2, -0.15) is 0 Å². The van der Waals surface area contributed by atoms with Crippen molar-refractivity contribution in [2.24, 2.45) is 5.41 Å². The summed E-state index contributed by atoms with van der Waals surface area (Å²) in [4.78, 5) is 25.0. The zero-order valence-electron chi connectivity index (χ0n) is 18.8. The van der Waals surface area contributed by atoms with Crippen molar-refractivity contribution in [2.75, 3.05) is 19.0 Å². The molecule has 0 unspecified atom stereocenters. The average Bonchev–Trinajstić information content (AvgIpc) is 2.72. The van der Waals surface area contributed by atoms with Crippen molar-refractivity contribution in [1.29, 1.82) is 0 Å². The van der Waals surface area contributed by atoms with Gasteiger partial charge in [-0.3, -0.25) is 0 Å². The molecule has 0 fully saturated rings. The summed E-state index contributed by atoms with van der Waals surface area (Å²) in [6, 6.07) is 14.6. The van der Waals surface area contributed by atoms with Crippen LogP contribution in [-0.4, -0.2) is 32.0 Å². The van der Waals surface area contributed by atoms with E-state index in [0.29, 0.717) is 17.9 Å². The molecule has 1 N–H and O–H groups in total. The molecule has 2 atom stereocenters. The maximum absolute atomic E-state index is 12.8. The van der Waals surface area contributed by atoms with Crippen molar-refractivity contribution < 1.29 is 19.1 Å². The van der Waals surface area contributed by atoms with Crippen molar-refractivity contribution in [3.05, 3.63) is 59.7 Å². The topological polar surface area (TPSA) is 64.6 Å². The van der Waals surface area contributed by atoms with Gasteiger partial charge in [-0.1, -0.05) is 52.0 Å². The van der Waals surface area contributed by atoms with Gasteiger partial charge >= 0.3 is 5.97 Å². The highest BCUT2D eigenvalue weighted by Gasteiger charge is 2.40. The van der Waals surface area contributed by atoms with Gasteiger partial charge in [0.1, 0.15) is 18.1 Å².